The first-order valence-electron chi connectivity index (χ1n) is 5.27. The molecule has 0 heterocycles. The van der Waals surface area contributed by atoms with Gasteiger partial charge in [0.05, 0.1) is 0 Å². The van der Waals surface area contributed by atoms with Crippen LogP contribution in [0.4, 0.5) is 0 Å². The van der Waals surface area contributed by atoms with Gasteiger partial charge in [0.15, 0.2) is 8.32 Å². The van der Waals surface area contributed by atoms with E-state index >= 15 is 0 Å². The van der Waals surface area contributed by atoms with Crippen LogP contribution in [0.5, 0.6) is 0 Å². The molecule has 0 aliphatic carbocycles. The number of rotatable bonds is 4. The van der Waals surface area contributed by atoms with Gasteiger partial charge < -0.3 is 4.12 Å². The summed E-state index contributed by atoms with van der Waals surface area (Å²) in [5, 5.41) is 1.31. The molecule has 3 heteroatoms. The van der Waals surface area contributed by atoms with Gasteiger partial charge >= 0.3 is 0 Å². The highest BCUT2D eigenvalue weighted by Gasteiger charge is 2.33. The van der Waals surface area contributed by atoms with E-state index in [2.05, 4.69) is 57.0 Å². The van der Waals surface area contributed by atoms with Gasteiger partial charge in [0.25, 0.3) is 0 Å². The normalized spacial score (nSPS) is 15.7. The van der Waals surface area contributed by atoms with Crippen molar-refractivity contribution in [3.8, 4) is 0 Å². The van der Waals surface area contributed by atoms with Gasteiger partial charge in [-0.15, -0.1) is 6.58 Å². The quantitative estimate of drug-likeness (QED) is 0.730. The molecule has 0 amide bonds. The minimum absolute atomic E-state index is 1.31. The zero-order chi connectivity index (χ0) is 11.5. The van der Waals surface area contributed by atoms with Crippen molar-refractivity contribution in [1.82, 2.24) is 0 Å². The summed E-state index contributed by atoms with van der Waals surface area (Å²) in [5.74, 6) is 0. The zero-order valence-corrected chi connectivity index (χ0v) is 12.1. The van der Waals surface area contributed by atoms with Gasteiger partial charge in [-0.3, -0.25) is 0 Å². The molecule has 15 heavy (non-hydrogen) atoms. The van der Waals surface area contributed by atoms with Crippen molar-refractivity contribution in [1.29, 1.82) is 0 Å². The van der Waals surface area contributed by atoms with Gasteiger partial charge in [0.1, 0.15) is 0 Å². The lowest BCUT2D eigenvalue weighted by atomic mass is 10.4. The predicted molar refractivity (Wildman–Crippen MR) is 72.3 cm³/mol. The van der Waals surface area contributed by atoms with Gasteiger partial charge in [-0.25, -0.2) is 0 Å². The van der Waals surface area contributed by atoms with Gasteiger partial charge in [0, 0.05) is 0 Å². The molecule has 0 spiro atoms. The predicted octanol–water partition coefficient (Wildman–Crippen LogP) is 3.05. The van der Waals surface area contributed by atoms with E-state index < -0.39 is 16.6 Å². The SMILES string of the molecule is C=C[Si](C)(O[Si](C)(C)C)c1ccccc1. The second-order valence-corrected chi connectivity index (χ2v) is 13.1. The summed E-state index contributed by atoms with van der Waals surface area (Å²) < 4.78 is 6.32. The topological polar surface area (TPSA) is 9.23 Å². The first-order chi connectivity index (χ1) is 6.87. The van der Waals surface area contributed by atoms with E-state index in [0.29, 0.717) is 0 Å². The Bertz CT molecular complexity index is 329. The van der Waals surface area contributed by atoms with Crippen molar-refractivity contribution < 1.29 is 4.12 Å². The van der Waals surface area contributed by atoms with Crippen LogP contribution in [0.15, 0.2) is 42.6 Å². The molecule has 0 aliphatic heterocycles. The minimum atomic E-state index is -1.91. The maximum absolute atomic E-state index is 6.32. The van der Waals surface area contributed by atoms with Gasteiger partial charge in [-0.2, -0.15) is 0 Å². The van der Waals surface area contributed by atoms with E-state index in [1.165, 1.54) is 5.19 Å². The highest BCUT2D eigenvalue weighted by molar-refractivity contribution is 6.95. The van der Waals surface area contributed by atoms with E-state index in [1.807, 2.05) is 11.8 Å². The molecule has 1 unspecified atom stereocenters. The lowest BCUT2D eigenvalue weighted by Gasteiger charge is -2.32. The Balaban J connectivity index is 3.01. The van der Waals surface area contributed by atoms with Gasteiger partial charge in [-0.1, -0.05) is 36.0 Å². The van der Waals surface area contributed by atoms with Crippen LogP contribution in [0.3, 0.4) is 0 Å². The maximum Gasteiger partial charge on any atom is 0.234 e. The van der Waals surface area contributed by atoms with Crippen LogP contribution in [0, 0.1) is 0 Å². The Kier molecular flexibility index (Phi) is 3.70. The van der Waals surface area contributed by atoms with Gasteiger partial charge in [-0.05, 0) is 31.4 Å². The van der Waals surface area contributed by atoms with Crippen LogP contribution < -0.4 is 5.19 Å². The Morgan fingerprint density at radius 2 is 1.60 bits per heavy atom. The third-order valence-electron chi connectivity index (χ3n) is 2.25. The average molecular weight is 236 g/mol. The summed E-state index contributed by atoms with van der Waals surface area (Å²) in [6, 6.07) is 10.5. The van der Waals surface area contributed by atoms with E-state index in [4.69, 9.17) is 4.12 Å². The molecule has 1 nitrogen and oxygen atoms in total. The third kappa shape index (κ3) is 3.44. The summed E-state index contributed by atoms with van der Waals surface area (Å²) in [6.45, 7) is 12.8. The summed E-state index contributed by atoms with van der Waals surface area (Å²) in [5.41, 5.74) is 2.03. The Morgan fingerprint density at radius 3 is 2.00 bits per heavy atom. The van der Waals surface area contributed by atoms with Crippen molar-refractivity contribution in [2.24, 2.45) is 0 Å². The Hall–Kier alpha value is -0.646. The van der Waals surface area contributed by atoms with E-state index in [1.54, 1.807) is 0 Å². The Morgan fingerprint density at radius 1 is 1.07 bits per heavy atom. The molecule has 1 atom stereocenters. The smallest absolute Gasteiger partial charge is 0.234 e. The summed E-state index contributed by atoms with van der Waals surface area (Å²) >= 11 is 0. The third-order valence-corrected chi connectivity index (χ3v) is 8.66. The summed E-state index contributed by atoms with van der Waals surface area (Å²) in [7, 11) is -3.42. The summed E-state index contributed by atoms with van der Waals surface area (Å²) in [6.07, 6.45) is 0. The lowest BCUT2D eigenvalue weighted by molar-refractivity contribution is 0.572. The standard InChI is InChI=1S/C12H20OSi2/c1-6-15(5,13-14(2,3)4)12-10-8-7-9-11-12/h6-11H,1H2,2-5H3. The van der Waals surface area contributed by atoms with Crippen molar-refractivity contribution in [2.45, 2.75) is 26.2 Å². The van der Waals surface area contributed by atoms with Crippen LogP contribution in [-0.4, -0.2) is 16.6 Å². The molecule has 82 valence electrons. The van der Waals surface area contributed by atoms with Crippen LogP contribution in [0.1, 0.15) is 0 Å². The fourth-order valence-corrected chi connectivity index (χ4v) is 8.61. The number of hydrogen-bond acceptors (Lipinski definition) is 1. The molecule has 0 radical (unpaired) electrons. The summed E-state index contributed by atoms with van der Waals surface area (Å²) in [4.78, 5) is 0. The minimum Gasteiger partial charge on any atom is -0.450 e. The molecule has 1 aromatic rings. The van der Waals surface area contributed by atoms with E-state index in [0.717, 1.165) is 0 Å². The molecule has 0 aromatic heterocycles. The van der Waals surface area contributed by atoms with Crippen molar-refractivity contribution >= 4 is 21.8 Å². The monoisotopic (exact) mass is 236 g/mol. The second kappa shape index (κ2) is 4.47. The van der Waals surface area contributed by atoms with Crippen LogP contribution >= 0.6 is 0 Å². The van der Waals surface area contributed by atoms with E-state index in [9.17, 15) is 0 Å². The number of benzene rings is 1. The first-order valence-corrected chi connectivity index (χ1v) is 11.2. The second-order valence-electron chi connectivity index (χ2n) is 4.89. The highest BCUT2D eigenvalue weighted by atomic mass is 28.4. The molecular weight excluding hydrogens is 216 g/mol. The lowest BCUT2D eigenvalue weighted by Crippen LogP contribution is -2.52. The van der Waals surface area contributed by atoms with Gasteiger partial charge in [0.2, 0.25) is 8.32 Å². The van der Waals surface area contributed by atoms with Crippen molar-refractivity contribution in [3.63, 3.8) is 0 Å². The van der Waals surface area contributed by atoms with E-state index in [-0.39, 0.29) is 0 Å². The largest absolute Gasteiger partial charge is 0.450 e. The van der Waals surface area contributed by atoms with Crippen LogP contribution in [0.2, 0.25) is 26.2 Å². The number of hydrogen-bond donors (Lipinski definition) is 0. The zero-order valence-electron chi connectivity index (χ0n) is 10.1. The molecule has 0 bridgehead atoms. The maximum atomic E-state index is 6.32. The molecule has 0 saturated carbocycles. The molecule has 0 N–H and O–H groups in total. The van der Waals surface area contributed by atoms with Crippen LogP contribution in [-0.2, 0) is 4.12 Å². The molecular formula is C12H20OSi2. The first kappa shape index (κ1) is 12.4. The van der Waals surface area contributed by atoms with Crippen molar-refractivity contribution in [3.05, 3.63) is 42.6 Å². The molecule has 0 fully saturated rings. The fourth-order valence-electron chi connectivity index (χ4n) is 1.62. The highest BCUT2D eigenvalue weighted by Crippen LogP contribution is 2.15. The molecule has 0 aliphatic rings. The average Bonchev–Trinajstić information content (AvgIpc) is 2.16. The fraction of sp³-hybridized carbons (Fsp3) is 0.333. The molecule has 1 aromatic carbocycles. The molecule has 0 saturated heterocycles. The Labute approximate surface area is 95.1 Å². The van der Waals surface area contributed by atoms with Crippen LogP contribution in [0.25, 0.3) is 0 Å². The van der Waals surface area contributed by atoms with Crippen molar-refractivity contribution in [2.75, 3.05) is 0 Å². The molecule has 1 rings (SSSR count).